The molecule has 1 unspecified atom stereocenters. The summed E-state index contributed by atoms with van der Waals surface area (Å²) in [5, 5.41) is 8.99. The van der Waals surface area contributed by atoms with Gasteiger partial charge < -0.3 is 19.7 Å². The molecule has 7 nitrogen and oxygen atoms in total. The Balaban J connectivity index is 1.89. The lowest BCUT2D eigenvalue weighted by molar-refractivity contribution is -0.139. The summed E-state index contributed by atoms with van der Waals surface area (Å²) in [6.45, 7) is 0.832. The van der Waals surface area contributed by atoms with Crippen molar-refractivity contribution in [1.82, 2.24) is 9.88 Å². The van der Waals surface area contributed by atoms with E-state index < -0.39 is 23.5 Å². The highest BCUT2D eigenvalue weighted by molar-refractivity contribution is 5.94. The summed E-state index contributed by atoms with van der Waals surface area (Å²) < 4.78 is 5.28. The molecule has 1 saturated heterocycles. The molecule has 0 saturated carbocycles. The van der Waals surface area contributed by atoms with Crippen LogP contribution in [0.3, 0.4) is 0 Å². The maximum Gasteiger partial charge on any atom is 0.305 e. The standard InChI is InChI=1S/C16H20N2O5/c19-14(20)8-11-9-23-6-5-18(11)16(22)12-7-10-3-1-2-4-13(10)17-15(12)21/h7,11H,1-6,8-9H2,(H,17,21)(H,19,20). The van der Waals surface area contributed by atoms with Gasteiger partial charge in [0.25, 0.3) is 11.5 Å². The molecule has 0 aromatic carbocycles. The van der Waals surface area contributed by atoms with Crippen LogP contribution >= 0.6 is 0 Å². The minimum atomic E-state index is -0.988. The summed E-state index contributed by atoms with van der Waals surface area (Å²) in [5.74, 6) is -1.40. The molecule has 2 aliphatic rings. The molecule has 1 amide bonds. The van der Waals surface area contributed by atoms with Gasteiger partial charge in [-0.25, -0.2) is 0 Å². The maximum atomic E-state index is 12.8. The van der Waals surface area contributed by atoms with E-state index in [4.69, 9.17) is 9.84 Å². The van der Waals surface area contributed by atoms with Gasteiger partial charge in [-0.2, -0.15) is 0 Å². The summed E-state index contributed by atoms with van der Waals surface area (Å²) in [6, 6.07) is 1.15. The molecule has 1 aliphatic carbocycles. The van der Waals surface area contributed by atoms with Crippen molar-refractivity contribution in [2.45, 2.75) is 38.1 Å². The smallest absolute Gasteiger partial charge is 0.305 e. The van der Waals surface area contributed by atoms with E-state index in [1.54, 1.807) is 6.07 Å². The van der Waals surface area contributed by atoms with Crippen LogP contribution < -0.4 is 5.56 Å². The largest absolute Gasteiger partial charge is 0.481 e. The van der Waals surface area contributed by atoms with Crippen LogP contribution in [0.1, 0.15) is 40.9 Å². The fourth-order valence-electron chi connectivity index (χ4n) is 3.28. The molecular weight excluding hydrogens is 300 g/mol. The molecule has 0 radical (unpaired) electrons. The van der Waals surface area contributed by atoms with Crippen molar-refractivity contribution in [2.75, 3.05) is 19.8 Å². The van der Waals surface area contributed by atoms with E-state index in [1.807, 2.05) is 0 Å². The minimum Gasteiger partial charge on any atom is -0.481 e. The molecule has 1 atom stereocenters. The highest BCUT2D eigenvalue weighted by atomic mass is 16.5. The van der Waals surface area contributed by atoms with Crippen LogP contribution in [-0.2, 0) is 22.4 Å². The zero-order chi connectivity index (χ0) is 16.4. The number of carbonyl (C=O) groups is 2. The van der Waals surface area contributed by atoms with Crippen LogP contribution in [0.2, 0.25) is 0 Å². The Bertz CT molecular complexity index is 682. The predicted octanol–water partition coefficient (Wildman–Crippen LogP) is 0.569. The number of aromatic nitrogens is 1. The maximum absolute atomic E-state index is 12.8. The number of carbonyl (C=O) groups excluding carboxylic acids is 1. The number of ether oxygens (including phenoxy) is 1. The van der Waals surface area contributed by atoms with E-state index in [-0.39, 0.29) is 18.6 Å². The second-order valence-corrected chi connectivity index (χ2v) is 6.05. The molecule has 1 aliphatic heterocycles. The molecule has 3 rings (SSSR count). The van der Waals surface area contributed by atoms with Crippen molar-refractivity contribution in [3.8, 4) is 0 Å². The third-order valence-corrected chi connectivity index (χ3v) is 4.47. The quantitative estimate of drug-likeness (QED) is 0.848. The summed E-state index contributed by atoms with van der Waals surface area (Å²) >= 11 is 0. The van der Waals surface area contributed by atoms with Crippen LogP contribution in [-0.4, -0.2) is 52.7 Å². The number of hydrogen-bond donors (Lipinski definition) is 2. The number of aliphatic carboxylic acids is 1. The topological polar surface area (TPSA) is 99.7 Å². The number of morpholine rings is 1. The van der Waals surface area contributed by atoms with Gasteiger partial charge in [0.05, 0.1) is 25.7 Å². The van der Waals surface area contributed by atoms with Gasteiger partial charge in [-0.15, -0.1) is 0 Å². The van der Waals surface area contributed by atoms with Crippen molar-refractivity contribution in [1.29, 1.82) is 0 Å². The summed E-state index contributed by atoms with van der Waals surface area (Å²) in [4.78, 5) is 40.3. The number of nitrogens with zero attached hydrogens (tertiary/aromatic N) is 1. The number of pyridine rings is 1. The van der Waals surface area contributed by atoms with E-state index in [9.17, 15) is 14.4 Å². The molecule has 7 heteroatoms. The Morgan fingerprint density at radius 3 is 2.91 bits per heavy atom. The first-order chi connectivity index (χ1) is 11.1. The van der Waals surface area contributed by atoms with E-state index in [2.05, 4.69) is 4.98 Å². The van der Waals surface area contributed by atoms with Gasteiger partial charge in [0.15, 0.2) is 0 Å². The second-order valence-electron chi connectivity index (χ2n) is 6.05. The number of amides is 1. The number of aryl methyl sites for hydroxylation is 2. The molecule has 124 valence electrons. The minimum absolute atomic E-state index is 0.0999. The Labute approximate surface area is 133 Å². The molecule has 1 aromatic rings. The Kier molecular flexibility index (Phi) is 4.47. The molecule has 0 spiro atoms. The fraction of sp³-hybridized carbons (Fsp3) is 0.562. The van der Waals surface area contributed by atoms with Crippen LogP contribution in [0.5, 0.6) is 0 Å². The van der Waals surface area contributed by atoms with Gasteiger partial charge >= 0.3 is 5.97 Å². The van der Waals surface area contributed by atoms with Crippen molar-refractivity contribution < 1.29 is 19.4 Å². The third-order valence-electron chi connectivity index (χ3n) is 4.47. The van der Waals surface area contributed by atoms with E-state index in [1.165, 1.54) is 4.90 Å². The Hall–Kier alpha value is -2.15. The van der Waals surface area contributed by atoms with Gasteiger partial charge in [-0.1, -0.05) is 0 Å². The zero-order valence-corrected chi connectivity index (χ0v) is 12.8. The highest BCUT2D eigenvalue weighted by Crippen LogP contribution is 2.20. The van der Waals surface area contributed by atoms with E-state index in [0.29, 0.717) is 13.2 Å². The third kappa shape index (κ3) is 3.29. The second kappa shape index (κ2) is 6.54. The summed E-state index contributed by atoms with van der Waals surface area (Å²) in [5.41, 5.74) is 1.64. The number of rotatable bonds is 3. The highest BCUT2D eigenvalue weighted by Gasteiger charge is 2.31. The van der Waals surface area contributed by atoms with Crippen LogP contribution in [0.25, 0.3) is 0 Å². The van der Waals surface area contributed by atoms with Crippen molar-refractivity contribution >= 4 is 11.9 Å². The normalized spacial score (nSPS) is 20.9. The van der Waals surface area contributed by atoms with Crippen LogP contribution in [0, 0.1) is 0 Å². The lowest BCUT2D eigenvalue weighted by Crippen LogP contribution is -2.50. The number of aromatic amines is 1. The fourth-order valence-corrected chi connectivity index (χ4v) is 3.28. The number of carboxylic acids is 1. The van der Waals surface area contributed by atoms with Gasteiger partial charge in [0.2, 0.25) is 0 Å². The first-order valence-corrected chi connectivity index (χ1v) is 7.92. The molecular formula is C16H20N2O5. The summed E-state index contributed by atoms with van der Waals surface area (Å²) in [6.07, 6.45) is 3.59. The van der Waals surface area contributed by atoms with Gasteiger partial charge in [-0.05, 0) is 37.3 Å². The van der Waals surface area contributed by atoms with Crippen molar-refractivity contribution in [2.24, 2.45) is 0 Å². The van der Waals surface area contributed by atoms with E-state index in [0.717, 1.165) is 36.9 Å². The molecule has 2 N–H and O–H groups in total. The average molecular weight is 320 g/mol. The number of H-pyrrole nitrogens is 1. The van der Waals surface area contributed by atoms with Crippen LogP contribution in [0.4, 0.5) is 0 Å². The van der Waals surface area contributed by atoms with Crippen LogP contribution in [0.15, 0.2) is 10.9 Å². The average Bonchev–Trinajstić information content (AvgIpc) is 2.53. The zero-order valence-electron chi connectivity index (χ0n) is 12.8. The number of nitrogens with one attached hydrogen (secondary N) is 1. The molecule has 1 fully saturated rings. The first kappa shape index (κ1) is 15.7. The molecule has 1 aromatic heterocycles. The number of fused-ring (bicyclic) bond motifs is 1. The predicted molar refractivity (Wildman–Crippen MR) is 81.6 cm³/mol. The Morgan fingerprint density at radius 1 is 1.35 bits per heavy atom. The van der Waals surface area contributed by atoms with Crippen molar-refractivity contribution in [3.63, 3.8) is 0 Å². The van der Waals surface area contributed by atoms with Gasteiger partial charge in [0, 0.05) is 12.2 Å². The number of hydrogen-bond acceptors (Lipinski definition) is 4. The molecule has 0 bridgehead atoms. The molecule has 2 heterocycles. The van der Waals surface area contributed by atoms with Gasteiger partial charge in [-0.3, -0.25) is 14.4 Å². The van der Waals surface area contributed by atoms with Crippen molar-refractivity contribution in [3.05, 3.63) is 33.2 Å². The van der Waals surface area contributed by atoms with E-state index >= 15 is 0 Å². The lowest BCUT2D eigenvalue weighted by atomic mass is 9.94. The summed E-state index contributed by atoms with van der Waals surface area (Å²) in [7, 11) is 0. The SMILES string of the molecule is O=C(O)CC1COCCN1C(=O)c1cc2c([nH]c1=O)CCCC2. The lowest BCUT2D eigenvalue weighted by Gasteiger charge is -2.34. The molecule has 23 heavy (non-hydrogen) atoms. The monoisotopic (exact) mass is 320 g/mol. The number of carboxylic acid groups (broad SMARTS) is 1. The van der Waals surface area contributed by atoms with Gasteiger partial charge in [0.1, 0.15) is 5.56 Å². The Morgan fingerprint density at radius 2 is 2.13 bits per heavy atom. The first-order valence-electron chi connectivity index (χ1n) is 7.92.